The summed E-state index contributed by atoms with van der Waals surface area (Å²) in [6.07, 6.45) is 0.881. The van der Waals surface area contributed by atoms with Gasteiger partial charge in [0, 0.05) is 18.2 Å². The summed E-state index contributed by atoms with van der Waals surface area (Å²) in [5.41, 5.74) is 7.26. The first-order valence-corrected chi connectivity index (χ1v) is 6.80. The Kier molecular flexibility index (Phi) is 4.33. The molecule has 2 unspecified atom stereocenters. The van der Waals surface area contributed by atoms with Crippen LogP contribution in [0.25, 0.3) is 0 Å². The van der Waals surface area contributed by atoms with Gasteiger partial charge < -0.3 is 10.5 Å². The fourth-order valence-corrected chi connectivity index (χ4v) is 3.21. The minimum absolute atomic E-state index is 0.0606. The predicted molar refractivity (Wildman–Crippen MR) is 75.2 cm³/mol. The SMILES string of the molecule is COc1c(C)cc(F)c(Cl)c1C1CC(CN)CN1C. The summed E-state index contributed by atoms with van der Waals surface area (Å²) in [5, 5.41) is 0.164. The van der Waals surface area contributed by atoms with Crippen LogP contribution in [0.1, 0.15) is 23.6 Å². The first-order valence-electron chi connectivity index (χ1n) is 6.42. The van der Waals surface area contributed by atoms with Gasteiger partial charge in [-0.15, -0.1) is 0 Å². The first-order chi connectivity index (χ1) is 8.99. The molecular formula is C14H20ClFN2O. The maximum Gasteiger partial charge on any atom is 0.142 e. The minimum atomic E-state index is -0.389. The molecule has 5 heteroatoms. The summed E-state index contributed by atoms with van der Waals surface area (Å²) < 4.78 is 19.3. The third kappa shape index (κ3) is 2.57. The Morgan fingerprint density at radius 1 is 1.58 bits per heavy atom. The van der Waals surface area contributed by atoms with E-state index in [2.05, 4.69) is 4.90 Å². The van der Waals surface area contributed by atoms with Crippen molar-refractivity contribution >= 4 is 11.6 Å². The third-order valence-corrected chi connectivity index (χ3v) is 4.28. The third-order valence-electron chi connectivity index (χ3n) is 3.90. The Hall–Kier alpha value is -0.840. The van der Waals surface area contributed by atoms with Crippen molar-refractivity contribution in [1.82, 2.24) is 4.90 Å². The Bertz CT molecular complexity index is 481. The van der Waals surface area contributed by atoms with Crippen molar-refractivity contribution in [2.75, 3.05) is 27.2 Å². The van der Waals surface area contributed by atoms with Crippen molar-refractivity contribution in [3.05, 3.63) is 28.0 Å². The average molecular weight is 287 g/mol. The summed E-state index contributed by atoms with van der Waals surface area (Å²) in [5.74, 6) is 0.708. The van der Waals surface area contributed by atoms with Crippen LogP contribution in [-0.2, 0) is 0 Å². The van der Waals surface area contributed by atoms with E-state index in [0.717, 1.165) is 24.1 Å². The van der Waals surface area contributed by atoms with Gasteiger partial charge in [0.1, 0.15) is 11.6 Å². The maximum atomic E-state index is 13.9. The van der Waals surface area contributed by atoms with Crippen LogP contribution >= 0.6 is 11.6 Å². The van der Waals surface area contributed by atoms with Crippen LogP contribution in [0, 0.1) is 18.7 Å². The maximum absolute atomic E-state index is 13.9. The zero-order chi connectivity index (χ0) is 14.2. The van der Waals surface area contributed by atoms with Gasteiger partial charge in [-0.2, -0.15) is 0 Å². The van der Waals surface area contributed by atoms with E-state index >= 15 is 0 Å². The van der Waals surface area contributed by atoms with Crippen LogP contribution in [0.4, 0.5) is 4.39 Å². The molecule has 1 saturated heterocycles. The topological polar surface area (TPSA) is 38.5 Å². The normalized spacial score (nSPS) is 23.9. The van der Waals surface area contributed by atoms with Crippen molar-refractivity contribution in [3.63, 3.8) is 0 Å². The molecule has 0 radical (unpaired) electrons. The van der Waals surface area contributed by atoms with Crippen LogP contribution in [0.5, 0.6) is 5.75 Å². The molecule has 0 spiro atoms. The van der Waals surface area contributed by atoms with Gasteiger partial charge in [-0.25, -0.2) is 4.39 Å². The molecule has 3 nitrogen and oxygen atoms in total. The molecule has 0 aliphatic carbocycles. The number of likely N-dealkylation sites (tertiary alicyclic amines) is 1. The highest BCUT2D eigenvalue weighted by molar-refractivity contribution is 6.31. The predicted octanol–water partition coefficient (Wildman–Crippen LogP) is 2.75. The van der Waals surface area contributed by atoms with Gasteiger partial charge in [-0.05, 0) is 44.5 Å². The summed E-state index contributed by atoms with van der Waals surface area (Å²) >= 11 is 6.17. The van der Waals surface area contributed by atoms with Gasteiger partial charge in [0.2, 0.25) is 0 Å². The van der Waals surface area contributed by atoms with E-state index < -0.39 is 0 Å². The molecule has 2 atom stereocenters. The number of methoxy groups -OCH3 is 1. The monoisotopic (exact) mass is 286 g/mol. The van der Waals surface area contributed by atoms with Gasteiger partial charge in [-0.3, -0.25) is 4.90 Å². The van der Waals surface area contributed by atoms with E-state index in [9.17, 15) is 4.39 Å². The lowest BCUT2D eigenvalue weighted by Crippen LogP contribution is -2.21. The van der Waals surface area contributed by atoms with Gasteiger partial charge in [0.15, 0.2) is 0 Å². The summed E-state index contributed by atoms with van der Waals surface area (Å²) in [6, 6.07) is 1.48. The van der Waals surface area contributed by atoms with Crippen molar-refractivity contribution in [1.29, 1.82) is 0 Å². The van der Waals surface area contributed by atoms with Crippen LogP contribution in [-0.4, -0.2) is 32.1 Å². The summed E-state index contributed by atoms with van der Waals surface area (Å²) in [4.78, 5) is 2.17. The Morgan fingerprint density at radius 2 is 2.26 bits per heavy atom. The molecule has 1 aliphatic rings. The second kappa shape index (κ2) is 5.65. The van der Waals surface area contributed by atoms with Crippen LogP contribution in [0.3, 0.4) is 0 Å². The van der Waals surface area contributed by atoms with Crippen LogP contribution in [0.2, 0.25) is 5.02 Å². The highest BCUT2D eigenvalue weighted by atomic mass is 35.5. The Morgan fingerprint density at radius 3 is 2.79 bits per heavy atom. The molecule has 1 fully saturated rings. The standard InChI is InChI=1S/C14H20ClFN2O/c1-8-4-10(16)13(15)12(14(8)19-3)11-5-9(6-17)7-18(11)2/h4,9,11H,5-7,17H2,1-3H3. The molecule has 1 aliphatic heterocycles. The minimum Gasteiger partial charge on any atom is -0.496 e. The number of halogens is 2. The van der Waals surface area contributed by atoms with Crippen LogP contribution in [0.15, 0.2) is 6.07 Å². The molecular weight excluding hydrogens is 267 g/mol. The molecule has 0 saturated carbocycles. The average Bonchev–Trinajstić information content (AvgIpc) is 2.74. The van der Waals surface area contributed by atoms with Crippen molar-refractivity contribution in [2.45, 2.75) is 19.4 Å². The first kappa shape index (κ1) is 14.6. The number of nitrogens with zero attached hydrogens (tertiary/aromatic N) is 1. The molecule has 1 aromatic rings. The smallest absolute Gasteiger partial charge is 0.142 e. The fraction of sp³-hybridized carbons (Fsp3) is 0.571. The van der Waals surface area contributed by atoms with Crippen molar-refractivity contribution in [3.8, 4) is 5.75 Å². The largest absolute Gasteiger partial charge is 0.496 e. The zero-order valence-corrected chi connectivity index (χ0v) is 12.3. The number of nitrogens with two attached hydrogens (primary N) is 1. The molecule has 2 rings (SSSR count). The number of ether oxygens (including phenoxy) is 1. The molecule has 2 N–H and O–H groups in total. The van der Waals surface area contributed by atoms with Crippen LogP contribution < -0.4 is 10.5 Å². The molecule has 0 bridgehead atoms. The quantitative estimate of drug-likeness (QED) is 0.928. The van der Waals surface area contributed by atoms with Gasteiger partial charge in [0.25, 0.3) is 0 Å². The lowest BCUT2D eigenvalue weighted by Gasteiger charge is -2.24. The summed E-state index contributed by atoms with van der Waals surface area (Å²) in [6.45, 7) is 3.36. The van der Waals surface area contributed by atoms with E-state index in [1.165, 1.54) is 6.07 Å². The Balaban J connectivity index is 2.49. The number of hydrogen-bond acceptors (Lipinski definition) is 3. The van der Waals surface area contributed by atoms with E-state index in [1.807, 2.05) is 14.0 Å². The second-order valence-corrected chi connectivity index (χ2v) is 5.61. The van der Waals surface area contributed by atoms with E-state index in [4.69, 9.17) is 22.1 Å². The van der Waals surface area contributed by atoms with Crippen molar-refractivity contribution in [2.24, 2.45) is 11.7 Å². The molecule has 106 valence electrons. The highest BCUT2D eigenvalue weighted by Crippen LogP contribution is 2.44. The van der Waals surface area contributed by atoms with Crippen molar-refractivity contribution < 1.29 is 9.13 Å². The van der Waals surface area contributed by atoms with Gasteiger partial charge in [0.05, 0.1) is 12.1 Å². The molecule has 1 heterocycles. The Labute approximate surface area is 118 Å². The number of hydrogen-bond donors (Lipinski definition) is 1. The molecule has 1 aromatic carbocycles. The number of aryl methyl sites for hydroxylation is 1. The number of rotatable bonds is 3. The second-order valence-electron chi connectivity index (χ2n) is 5.23. The molecule has 0 aromatic heterocycles. The van der Waals surface area contributed by atoms with Gasteiger partial charge >= 0.3 is 0 Å². The van der Waals surface area contributed by atoms with E-state index in [-0.39, 0.29) is 16.9 Å². The van der Waals surface area contributed by atoms with E-state index in [0.29, 0.717) is 18.2 Å². The summed E-state index contributed by atoms with van der Waals surface area (Å²) in [7, 11) is 3.60. The molecule has 19 heavy (non-hydrogen) atoms. The fourth-order valence-electron chi connectivity index (χ4n) is 2.94. The van der Waals surface area contributed by atoms with E-state index in [1.54, 1.807) is 7.11 Å². The number of benzene rings is 1. The highest BCUT2D eigenvalue weighted by Gasteiger charge is 2.34. The lowest BCUT2D eigenvalue weighted by atomic mass is 9.97. The lowest BCUT2D eigenvalue weighted by molar-refractivity contribution is 0.301. The zero-order valence-electron chi connectivity index (χ0n) is 11.5. The molecule has 0 amide bonds. The van der Waals surface area contributed by atoms with Gasteiger partial charge in [-0.1, -0.05) is 11.6 Å².